The molecule has 4 nitrogen and oxygen atoms in total. The van der Waals surface area contributed by atoms with E-state index in [9.17, 15) is 0 Å². The van der Waals surface area contributed by atoms with Gasteiger partial charge in [0.1, 0.15) is 11.9 Å². The van der Waals surface area contributed by atoms with E-state index in [4.69, 9.17) is 9.72 Å². The van der Waals surface area contributed by atoms with Crippen LogP contribution in [0.25, 0.3) is 11.3 Å². The minimum atomic E-state index is -0.115. The summed E-state index contributed by atoms with van der Waals surface area (Å²) in [7, 11) is 0. The third kappa shape index (κ3) is 3.58. The van der Waals surface area contributed by atoms with Crippen molar-refractivity contribution in [2.75, 3.05) is 18.5 Å². The van der Waals surface area contributed by atoms with Gasteiger partial charge in [-0.25, -0.2) is 9.97 Å². The highest BCUT2D eigenvalue weighted by Crippen LogP contribution is 2.27. The van der Waals surface area contributed by atoms with Crippen molar-refractivity contribution in [1.82, 2.24) is 9.97 Å². The number of rotatable bonds is 6. The second kappa shape index (κ2) is 7.18. The van der Waals surface area contributed by atoms with E-state index < -0.39 is 0 Å². The van der Waals surface area contributed by atoms with Gasteiger partial charge in [-0.05, 0) is 27.7 Å². The highest BCUT2D eigenvalue weighted by molar-refractivity contribution is 5.68. The van der Waals surface area contributed by atoms with E-state index in [-0.39, 0.29) is 6.10 Å². The zero-order chi connectivity index (χ0) is 15.2. The molecule has 21 heavy (non-hydrogen) atoms. The Morgan fingerprint density at radius 2 is 1.86 bits per heavy atom. The Bertz CT molecular complexity index is 584. The second-order valence-electron chi connectivity index (χ2n) is 4.90. The molecule has 1 N–H and O–H groups in total. The van der Waals surface area contributed by atoms with Crippen LogP contribution in [-0.2, 0) is 4.74 Å². The Balaban J connectivity index is 2.52. The van der Waals surface area contributed by atoms with Gasteiger partial charge in [-0.2, -0.15) is 0 Å². The maximum absolute atomic E-state index is 5.64. The number of anilines is 1. The Labute approximate surface area is 126 Å². The summed E-state index contributed by atoms with van der Waals surface area (Å²) < 4.78 is 5.64. The highest BCUT2D eigenvalue weighted by Gasteiger charge is 2.16. The van der Waals surface area contributed by atoms with Gasteiger partial charge in [-0.3, -0.25) is 0 Å². The van der Waals surface area contributed by atoms with Crippen molar-refractivity contribution in [3.63, 3.8) is 0 Å². The zero-order valence-electron chi connectivity index (χ0n) is 13.2. The lowest BCUT2D eigenvalue weighted by atomic mass is 10.1. The standard InChI is InChI=1S/C17H23N3O/c1-5-18-16-12(3)15(14-10-8-7-9-11-14)19-17(20-16)13(4)21-6-2/h7-11,13H,5-6H2,1-4H3,(H,18,19,20). The van der Waals surface area contributed by atoms with E-state index >= 15 is 0 Å². The van der Waals surface area contributed by atoms with Crippen LogP contribution in [0.15, 0.2) is 30.3 Å². The number of aromatic nitrogens is 2. The fourth-order valence-corrected chi connectivity index (χ4v) is 2.26. The molecule has 112 valence electrons. The third-order valence-electron chi connectivity index (χ3n) is 3.33. The molecule has 1 aromatic carbocycles. The summed E-state index contributed by atoms with van der Waals surface area (Å²) in [6, 6.07) is 10.2. The molecule has 0 aliphatic carbocycles. The second-order valence-corrected chi connectivity index (χ2v) is 4.90. The van der Waals surface area contributed by atoms with E-state index in [0.717, 1.165) is 35.0 Å². The van der Waals surface area contributed by atoms with E-state index in [1.54, 1.807) is 0 Å². The van der Waals surface area contributed by atoms with Crippen molar-refractivity contribution >= 4 is 5.82 Å². The minimum absolute atomic E-state index is 0.115. The van der Waals surface area contributed by atoms with Gasteiger partial charge in [0.2, 0.25) is 0 Å². The normalized spacial score (nSPS) is 12.2. The summed E-state index contributed by atoms with van der Waals surface area (Å²) in [4.78, 5) is 9.35. The average molecular weight is 285 g/mol. The fraction of sp³-hybridized carbons (Fsp3) is 0.412. The van der Waals surface area contributed by atoms with E-state index in [2.05, 4.69) is 36.3 Å². The number of ether oxygens (including phenoxy) is 1. The lowest BCUT2D eigenvalue weighted by molar-refractivity contribution is 0.0702. The predicted octanol–water partition coefficient (Wildman–Crippen LogP) is 3.98. The molecule has 1 unspecified atom stereocenters. The molecule has 0 bridgehead atoms. The van der Waals surface area contributed by atoms with Crippen LogP contribution in [0.1, 0.15) is 38.3 Å². The van der Waals surface area contributed by atoms with Gasteiger partial charge in [0.15, 0.2) is 5.82 Å². The van der Waals surface area contributed by atoms with Crippen molar-refractivity contribution in [1.29, 1.82) is 0 Å². The molecule has 0 fully saturated rings. The maximum Gasteiger partial charge on any atom is 0.159 e. The predicted molar refractivity (Wildman–Crippen MR) is 86.4 cm³/mol. The van der Waals surface area contributed by atoms with Crippen molar-refractivity contribution in [2.24, 2.45) is 0 Å². The molecule has 1 aromatic heterocycles. The Morgan fingerprint density at radius 3 is 2.48 bits per heavy atom. The SMILES string of the molecule is CCNc1nc(C(C)OCC)nc(-c2ccccc2)c1C. The van der Waals surface area contributed by atoms with E-state index in [0.29, 0.717) is 6.61 Å². The summed E-state index contributed by atoms with van der Waals surface area (Å²) >= 11 is 0. The summed E-state index contributed by atoms with van der Waals surface area (Å²) in [5, 5.41) is 3.32. The number of benzene rings is 1. The molecular weight excluding hydrogens is 262 g/mol. The Hall–Kier alpha value is -1.94. The van der Waals surface area contributed by atoms with Crippen LogP contribution in [0.5, 0.6) is 0 Å². The molecule has 0 spiro atoms. The van der Waals surface area contributed by atoms with Gasteiger partial charge >= 0.3 is 0 Å². The molecule has 0 saturated heterocycles. The number of nitrogens with one attached hydrogen (secondary N) is 1. The Morgan fingerprint density at radius 1 is 1.14 bits per heavy atom. The first kappa shape index (κ1) is 15.4. The topological polar surface area (TPSA) is 47.0 Å². The van der Waals surface area contributed by atoms with Crippen LogP contribution >= 0.6 is 0 Å². The first-order chi connectivity index (χ1) is 10.2. The molecule has 1 atom stereocenters. The lowest BCUT2D eigenvalue weighted by Gasteiger charge is -2.16. The first-order valence-corrected chi connectivity index (χ1v) is 7.46. The molecule has 4 heteroatoms. The monoisotopic (exact) mass is 285 g/mol. The van der Waals surface area contributed by atoms with Crippen LogP contribution in [0, 0.1) is 6.92 Å². The molecule has 0 aliphatic heterocycles. The molecule has 0 saturated carbocycles. The van der Waals surface area contributed by atoms with Crippen LogP contribution < -0.4 is 5.32 Å². The highest BCUT2D eigenvalue weighted by atomic mass is 16.5. The summed E-state index contributed by atoms with van der Waals surface area (Å²) in [5.74, 6) is 1.60. The quantitative estimate of drug-likeness (QED) is 0.872. The van der Waals surface area contributed by atoms with E-state index in [1.165, 1.54) is 0 Å². The van der Waals surface area contributed by atoms with Crippen molar-refractivity contribution in [3.05, 3.63) is 41.7 Å². The molecule has 2 aromatic rings. The minimum Gasteiger partial charge on any atom is -0.371 e. The number of hydrogen-bond donors (Lipinski definition) is 1. The number of hydrogen-bond acceptors (Lipinski definition) is 4. The van der Waals surface area contributed by atoms with E-state index in [1.807, 2.05) is 32.0 Å². The molecule has 0 aliphatic rings. The molecule has 1 heterocycles. The summed E-state index contributed by atoms with van der Waals surface area (Å²) in [5.41, 5.74) is 3.13. The average Bonchev–Trinajstić information content (AvgIpc) is 2.50. The van der Waals surface area contributed by atoms with Crippen LogP contribution in [0.4, 0.5) is 5.82 Å². The molecule has 0 amide bonds. The smallest absolute Gasteiger partial charge is 0.159 e. The van der Waals surface area contributed by atoms with Crippen LogP contribution in [0.2, 0.25) is 0 Å². The van der Waals surface area contributed by atoms with Gasteiger partial charge in [-0.1, -0.05) is 30.3 Å². The fourth-order valence-electron chi connectivity index (χ4n) is 2.26. The van der Waals surface area contributed by atoms with Crippen molar-refractivity contribution in [2.45, 2.75) is 33.8 Å². The summed E-state index contributed by atoms with van der Waals surface area (Å²) in [6.07, 6.45) is -0.115. The number of nitrogens with zero attached hydrogens (tertiary/aromatic N) is 2. The largest absolute Gasteiger partial charge is 0.371 e. The molecule has 2 rings (SSSR count). The lowest BCUT2D eigenvalue weighted by Crippen LogP contribution is -2.11. The molecular formula is C17H23N3O. The maximum atomic E-state index is 5.64. The summed E-state index contributed by atoms with van der Waals surface area (Å²) in [6.45, 7) is 9.56. The van der Waals surface area contributed by atoms with Gasteiger partial charge in [0, 0.05) is 24.3 Å². The third-order valence-corrected chi connectivity index (χ3v) is 3.33. The molecule has 0 radical (unpaired) electrons. The van der Waals surface area contributed by atoms with Gasteiger partial charge < -0.3 is 10.1 Å². The van der Waals surface area contributed by atoms with Gasteiger partial charge in [0.05, 0.1) is 5.69 Å². The zero-order valence-corrected chi connectivity index (χ0v) is 13.2. The van der Waals surface area contributed by atoms with Crippen molar-refractivity contribution in [3.8, 4) is 11.3 Å². The van der Waals surface area contributed by atoms with Gasteiger partial charge in [-0.15, -0.1) is 0 Å². The van der Waals surface area contributed by atoms with Crippen LogP contribution in [-0.4, -0.2) is 23.1 Å². The van der Waals surface area contributed by atoms with Crippen LogP contribution in [0.3, 0.4) is 0 Å². The Kier molecular flexibility index (Phi) is 5.28. The van der Waals surface area contributed by atoms with Gasteiger partial charge in [0.25, 0.3) is 0 Å². The van der Waals surface area contributed by atoms with Crippen molar-refractivity contribution < 1.29 is 4.74 Å². The first-order valence-electron chi connectivity index (χ1n) is 7.46.